The van der Waals surface area contributed by atoms with Gasteiger partial charge in [-0.05, 0) is 43.5 Å². The fourth-order valence-corrected chi connectivity index (χ4v) is 5.68. The van der Waals surface area contributed by atoms with Gasteiger partial charge in [-0.2, -0.15) is 15.2 Å². The van der Waals surface area contributed by atoms with Gasteiger partial charge < -0.3 is 13.7 Å². The van der Waals surface area contributed by atoms with Crippen LogP contribution in [0.3, 0.4) is 0 Å². The number of amides is 2. The maximum absolute atomic E-state index is 12.7. The number of carbonyl (C=O) groups is 2. The Hall–Kier alpha value is -4.54. The molecule has 2 unspecified atom stereocenters. The van der Waals surface area contributed by atoms with E-state index in [1.165, 1.54) is 6.42 Å². The molecule has 1 fully saturated rings. The molecule has 2 aromatic heterocycles. The zero-order valence-corrected chi connectivity index (χ0v) is 22.1. The molecule has 2 aromatic carbocycles. The molecule has 0 bridgehead atoms. The second kappa shape index (κ2) is 9.89. The molecular weight excluding hydrogens is 510 g/mol. The SMILES string of the molecule is CC1CC(=O)NN=C1c1ccc2nc(CC3CC(c4ccc5nc(N6CCCCC6)oc5c4)=NNC3=O)oc2c1. The minimum absolute atomic E-state index is 0.00442. The van der Waals surface area contributed by atoms with Gasteiger partial charge in [0.05, 0.1) is 17.3 Å². The Morgan fingerprint density at radius 2 is 1.62 bits per heavy atom. The van der Waals surface area contributed by atoms with Crippen LogP contribution in [0.4, 0.5) is 6.01 Å². The maximum Gasteiger partial charge on any atom is 0.298 e. The van der Waals surface area contributed by atoms with Crippen LogP contribution in [0.2, 0.25) is 0 Å². The van der Waals surface area contributed by atoms with E-state index in [-0.39, 0.29) is 23.7 Å². The van der Waals surface area contributed by atoms with E-state index in [0.717, 1.165) is 54.0 Å². The van der Waals surface area contributed by atoms with E-state index in [0.29, 0.717) is 47.9 Å². The molecule has 0 saturated carbocycles. The number of rotatable bonds is 5. The van der Waals surface area contributed by atoms with Gasteiger partial charge in [0, 0.05) is 49.4 Å². The van der Waals surface area contributed by atoms with E-state index in [1.807, 2.05) is 43.3 Å². The Balaban J connectivity index is 1.09. The summed E-state index contributed by atoms with van der Waals surface area (Å²) in [5, 5.41) is 8.58. The number of hydrogen-bond acceptors (Lipinski definition) is 9. The van der Waals surface area contributed by atoms with Crippen LogP contribution < -0.4 is 15.8 Å². The molecule has 5 heterocycles. The molecule has 204 valence electrons. The number of aromatic nitrogens is 2. The van der Waals surface area contributed by atoms with E-state index < -0.39 is 0 Å². The third-order valence-electron chi connectivity index (χ3n) is 7.86. The van der Waals surface area contributed by atoms with Crippen molar-refractivity contribution in [2.24, 2.45) is 22.0 Å². The number of fused-ring (bicyclic) bond motifs is 2. The molecule has 0 aliphatic carbocycles. The highest BCUT2D eigenvalue weighted by molar-refractivity contribution is 6.07. The Kier molecular flexibility index (Phi) is 6.06. The van der Waals surface area contributed by atoms with Gasteiger partial charge >= 0.3 is 0 Å². The van der Waals surface area contributed by atoms with Crippen LogP contribution >= 0.6 is 0 Å². The normalized spacial score (nSPS) is 21.8. The summed E-state index contributed by atoms with van der Waals surface area (Å²) >= 11 is 0. The summed E-state index contributed by atoms with van der Waals surface area (Å²) in [5.41, 5.74) is 11.4. The molecule has 3 aliphatic rings. The number of hydrazone groups is 2. The molecule has 7 rings (SSSR count). The Labute approximate surface area is 229 Å². The summed E-state index contributed by atoms with van der Waals surface area (Å²) in [6, 6.07) is 12.2. The molecule has 4 aromatic rings. The average molecular weight is 540 g/mol. The number of piperidine rings is 1. The van der Waals surface area contributed by atoms with Gasteiger partial charge in [-0.15, -0.1) is 0 Å². The van der Waals surface area contributed by atoms with E-state index in [9.17, 15) is 9.59 Å². The average Bonchev–Trinajstić information content (AvgIpc) is 3.57. The minimum Gasteiger partial charge on any atom is -0.441 e. The Morgan fingerprint density at radius 1 is 0.875 bits per heavy atom. The van der Waals surface area contributed by atoms with Crippen LogP contribution in [0.1, 0.15) is 56.0 Å². The summed E-state index contributed by atoms with van der Waals surface area (Å²) in [4.78, 5) is 35.8. The van der Waals surface area contributed by atoms with Crippen LogP contribution in [-0.4, -0.2) is 46.3 Å². The van der Waals surface area contributed by atoms with Gasteiger partial charge in [-0.3, -0.25) is 9.59 Å². The van der Waals surface area contributed by atoms with Crippen LogP contribution in [0.15, 0.2) is 55.4 Å². The topological polar surface area (TPSA) is 138 Å². The largest absolute Gasteiger partial charge is 0.441 e. The Bertz CT molecular complexity index is 1690. The fourth-order valence-electron chi connectivity index (χ4n) is 5.68. The predicted octanol–water partition coefficient (Wildman–Crippen LogP) is 3.90. The molecule has 0 spiro atoms. The number of hydrogen-bond donors (Lipinski definition) is 2. The van der Waals surface area contributed by atoms with Gasteiger partial charge in [0.2, 0.25) is 11.8 Å². The molecular formula is C29H29N7O4. The van der Waals surface area contributed by atoms with Gasteiger partial charge in [0.15, 0.2) is 17.1 Å². The first-order chi connectivity index (χ1) is 19.5. The first-order valence-corrected chi connectivity index (χ1v) is 13.8. The van der Waals surface area contributed by atoms with Gasteiger partial charge in [-0.1, -0.05) is 19.1 Å². The van der Waals surface area contributed by atoms with Crippen molar-refractivity contribution in [1.82, 2.24) is 20.8 Å². The molecule has 3 aliphatic heterocycles. The lowest BCUT2D eigenvalue weighted by Gasteiger charge is -2.24. The molecule has 11 heteroatoms. The van der Waals surface area contributed by atoms with Crippen LogP contribution in [0, 0.1) is 11.8 Å². The molecule has 0 radical (unpaired) electrons. The molecule has 40 heavy (non-hydrogen) atoms. The van der Waals surface area contributed by atoms with Crippen molar-refractivity contribution < 1.29 is 18.4 Å². The number of oxazole rings is 2. The first kappa shape index (κ1) is 24.5. The summed E-state index contributed by atoms with van der Waals surface area (Å²) in [6.45, 7) is 3.90. The van der Waals surface area contributed by atoms with Crippen LogP contribution in [-0.2, 0) is 16.0 Å². The summed E-state index contributed by atoms with van der Waals surface area (Å²) < 4.78 is 12.2. The molecule has 2 amide bonds. The van der Waals surface area contributed by atoms with Gasteiger partial charge in [0.1, 0.15) is 11.0 Å². The van der Waals surface area contributed by atoms with Gasteiger partial charge in [0.25, 0.3) is 6.01 Å². The zero-order valence-electron chi connectivity index (χ0n) is 22.1. The highest BCUT2D eigenvalue weighted by atomic mass is 16.4. The lowest BCUT2D eigenvalue weighted by atomic mass is 9.93. The lowest BCUT2D eigenvalue weighted by Crippen LogP contribution is -2.36. The van der Waals surface area contributed by atoms with E-state index in [4.69, 9.17) is 8.83 Å². The van der Waals surface area contributed by atoms with Crippen LogP contribution in [0.25, 0.3) is 22.2 Å². The summed E-state index contributed by atoms with van der Waals surface area (Å²) in [6.07, 6.45) is 4.72. The van der Waals surface area contributed by atoms with Crippen molar-refractivity contribution in [2.75, 3.05) is 18.0 Å². The van der Waals surface area contributed by atoms with Crippen molar-refractivity contribution in [2.45, 2.75) is 45.4 Å². The molecule has 11 nitrogen and oxygen atoms in total. The molecule has 1 saturated heterocycles. The standard InChI is InChI=1S/C29H29N7O4/c1-16-11-25(37)33-34-27(16)18-6-8-20-23(14-18)39-26(30-20)15-19-12-22(32-35-28(19)38)17-5-7-21-24(13-17)40-29(31-21)36-9-3-2-4-10-36/h5-8,13-14,16,19H,2-4,9-12,15H2,1H3,(H,33,37)(H,35,38). The summed E-state index contributed by atoms with van der Waals surface area (Å²) in [7, 11) is 0. The Morgan fingerprint density at radius 3 is 2.45 bits per heavy atom. The first-order valence-electron chi connectivity index (χ1n) is 13.8. The predicted molar refractivity (Wildman–Crippen MR) is 149 cm³/mol. The summed E-state index contributed by atoms with van der Waals surface area (Å²) in [5.74, 6) is -0.147. The van der Waals surface area contributed by atoms with Crippen molar-refractivity contribution >= 4 is 51.5 Å². The van der Waals surface area contributed by atoms with Crippen molar-refractivity contribution in [3.63, 3.8) is 0 Å². The highest BCUT2D eigenvalue weighted by Crippen LogP contribution is 2.28. The lowest BCUT2D eigenvalue weighted by molar-refractivity contribution is -0.125. The fraction of sp³-hybridized carbons (Fsp3) is 0.379. The van der Waals surface area contributed by atoms with Gasteiger partial charge in [-0.25, -0.2) is 15.8 Å². The third kappa shape index (κ3) is 4.61. The smallest absolute Gasteiger partial charge is 0.298 e. The van der Waals surface area contributed by atoms with E-state index in [2.05, 4.69) is 35.9 Å². The third-order valence-corrected chi connectivity index (χ3v) is 7.86. The number of benzene rings is 2. The minimum atomic E-state index is -0.382. The van der Waals surface area contributed by atoms with E-state index >= 15 is 0 Å². The molecule has 2 atom stereocenters. The van der Waals surface area contributed by atoms with Crippen LogP contribution in [0.5, 0.6) is 0 Å². The monoisotopic (exact) mass is 539 g/mol. The van der Waals surface area contributed by atoms with Crippen molar-refractivity contribution in [1.29, 1.82) is 0 Å². The number of nitrogens with zero attached hydrogens (tertiary/aromatic N) is 5. The number of carbonyl (C=O) groups excluding carboxylic acids is 2. The van der Waals surface area contributed by atoms with Crippen molar-refractivity contribution in [3.8, 4) is 0 Å². The number of nitrogens with one attached hydrogen (secondary N) is 2. The second-order valence-electron chi connectivity index (χ2n) is 10.8. The number of anilines is 1. The highest BCUT2D eigenvalue weighted by Gasteiger charge is 2.29. The van der Waals surface area contributed by atoms with E-state index in [1.54, 1.807) is 0 Å². The maximum atomic E-state index is 12.7. The van der Waals surface area contributed by atoms with Crippen molar-refractivity contribution in [3.05, 3.63) is 53.4 Å². The second-order valence-corrected chi connectivity index (χ2v) is 10.8. The quantitative estimate of drug-likeness (QED) is 0.392. The molecule has 2 N–H and O–H groups in total. The zero-order chi connectivity index (χ0) is 27.2.